The summed E-state index contributed by atoms with van der Waals surface area (Å²) in [7, 11) is 0. The molecule has 1 aromatic heterocycles. The number of hydrogen-bond donors (Lipinski definition) is 0. The van der Waals surface area contributed by atoms with Gasteiger partial charge in [0.05, 0.1) is 18.7 Å². The highest BCUT2D eigenvalue weighted by atomic mass is 19.4. The van der Waals surface area contributed by atoms with Crippen molar-refractivity contribution in [1.29, 1.82) is 0 Å². The molecule has 25 heavy (non-hydrogen) atoms. The molecule has 0 fully saturated rings. The van der Waals surface area contributed by atoms with Gasteiger partial charge in [0, 0.05) is 5.69 Å². The first-order chi connectivity index (χ1) is 11.5. The Morgan fingerprint density at radius 2 is 1.76 bits per heavy atom. The minimum absolute atomic E-state index is 0.185. The number of furan rings is 1. The van der Waals surface area contributed by atoms with E-state index in [4.69, 9.17) is 11.0 Å². The summed E-state index contributed by atoms with van der Waals surface area (Å²) < 4.78 is 82.9. The fourth-order valence-electron chi connectivity index (χ4n) is 2.26. The van der Waals surface area contributed by atoms with E-state index in [0.717, 1.165) is 17.0 Å². The number of hydrogen-bond acceptors (Lipinski definition) is 2. The Balaban J connectivity index is 2.44. The molecule has 0 aliphatic rings. The molecular weight excluding hydrogens is 350 g/mol. The second kappa shape index (κ2) is 6.70. The van der Waals surface area contributed by atoms with Gasteiger partial charge < -0.3 is 9.32 Å². The summed E-state index contributed by atoms with van der Waals surface area (Å²) in [4.78, 5) is 3.49. The van der Waals surface area contributed by atoms with Crippen LogP contribution in [0.5, 0.6) is 0 Å². The zero-order valence-corrected chi connectivity index (χ0v) is 12.9. The van der Waals surface area contributed by atoms with Crippen molar-refractivity contribution in [2.45, 2.75) is 25.8 Å². The van der Waals surface area contributed by atoms with E-state index in [1.165, 1.54) is 6.07 Å². The van der Waals surface area contributed by atoms with E-state index in [1.54, 1.807) is 13.0 Å². The van der Waals surface area contributed by atoms with Gasteiger partial charge in [0.15, 0.2) is 5.69 Å². The first-order valence-corrected chi connectivity index (χ1v) is 6.95. The van der Waals surface area contributed by atoms with E-state index in [1.807, 2.05) is 0 Å². The summed E-state index contributed by atoms with van der Waals surface area (Å²) in [5.41, 5.74) is -2.24. The van der Waals surface area contributed by atoms with Gasteiger partial charge in [-0.2, -0.15) is 26.3 Å². The quantitative estimate of drug-likeness (QED) is 0.512. The molecule has 3 nitrogen and oxygen atoms in total. The SMILES string of the molecule is [C-]#[N+]c1ccc(N(Cc2ccc(C)o2)CC(F)(F)F)cc1C(F)(F)F. The van der Waals surface area contributed by atoms with Crippen molar-refractivity contribution in [3.63, 3.8) is 0 Å². The molecule has 0 bridgehead atoms. The van der Waals surface area contributed by atoms with E-state index in [9.17, 15) is 26.3 Å². The molecule has 0 amide bonds. The number of aryl methyl sites for hydroxylation is 1. The third-order valence-electron chi connectivity index (χ3n) is 3.28. The van der Waals surface area contributed by atoms with Crippen LogP contribution in [0.15, 0.2) is 34.7 Å². The van der Waals surface area contributed by atoms with Crippen LogP contribution >= 0.6 is 0 Å². The molecule has 2 rings (SSSR count). The summed E-state index contributed by atoms with van der Waals surface area (Å²) in [5.74, 6) is 0.658. The highest BCUT2D eigenvalue weighted by Gasteiger charge is 2.36. The largest absolute Gasteiger partial charge is 0.464 e. The number of anilines is 1. The molecule has 0 N–H and O–H groups in total. The van der Waals surface area contributed by atoms with Crippen molar-refractivity contribution in [2.24, 2.45) is 0 Å². The zero-order chi connectivity index (χ0) is 18.8. The lowest BCUT2D eigenvalue weighted by molar-refractivity contribution is -0.136. The fourth-order valence-corrected chi connectivity index (χ4v) is 2.26. The highest BCUT2D eigenvalue weighted by molar-refractivity contribution is 5.62. The number of halogens is 6. The maximum Gasteiger partial charge on any atom is 0.407 e. The topological polar surface area (TPSA) is 20.7 Å². The van der Waals surface area contributed by atoms with Crippen LogP contribution in [0.3, 0.4) is 0 Å². The standard InChI is InChI=1S/C16H12F6N2O/c1-10-3-5-12(25-10)8-24(9-15(17,18)19)11-4-6-14(23-2)13(7-11)16(20,21)22/h3-7H,8-9H2,1H3. The number of rotatable bonds is 4. The van der Waals surface area contributed by atoms with Crippen LogP contribution in [0.25, 0.3) is 4.85 Å². The van der Waals surface area contributed by atoms with Crippen molar-refractivity contribution >= 4 is 11.4 Å². The Labute approximate surface area is 139 Å². The Morgan fingerprint density at radius 1 is 1.08 bits per heavy atom. The van der Waals surface area contributed by atoms with Crippen LogP contribution in [0.4, 0.5) is 37.7 Å². The van der Waals surface area contributed by atoms with Crippen molar-refractivity contribution in [2.75, 3.05) is 11.4 Å². The van der Waals surface area contributed by atoms with Gasteiger partial charge in [0.25, 0.3) is 0 Å². The lowest BCUT2D eigenvalue weighted by Gasteiger charge is -2.26. The molecule has 0 aliphatic carbocycles. The molecule has 0 atom stereocenters. The predicted octanol–water partition coefficient (Wildman–Crippen LogP) is 5.73. The van der Waals surface area contributed by atoms with E-state index in [-0.39, 0.29) is 18.0 Å². The average molecular weight is 362 g/mol. The number of alkyl halides is 6. The Morgan fingerprint density at radius 3 is 2.24 bits per heavy atom. The Hall–Kier alpha value is -2.63. The maximum absolute atomic E-state index is 13.0. The first kappa shape index (κ1) is 18.7. The smallest absolute Gasteiger partial charge is 0.407 e. The lowest BCUT2D eigenvalue weighted by atomic mass is 10.1. The van der Waals surface area contributed by atoms with E-state index in [0.29, 0.717) is 11.8 Å². The predicted molar refractivity (Wildman–Crippen MR) is 78.3 cm³/mol. The molecule has 2 aromatic rings. The molecule has 9 heteroatoms. The molecule has 0 saturated heterocycles. The van der Waals surface area contributed by atoms with Gasteiger partial charge >= 0.3 is 12.4 Å². The number of nitrogens with zero attached hydrogens (tertiary/aromatic N) is 2. The van der Waals surface area contributed by atoms with Crippen molar-refractivity contribution < 1.29 is 30.8 Å². The van der Waals surface area contributed by atoms with E-state index >= 15 is 0 Å². The lowest BCUT2D eigenvalue weighted by Crippen LogP contribution is -2.33. The fraction of sp³-hybridized carbons (Fsp3) is 0.312. The van der Waals surface area contributed by atoms with Gasteiger partial charge in [-0.05, 0) is 31.2 Å². The van der Waals surface area contributed by atoms with Gasteiger partial charge in [0.1, 0.15) is 18.1 Å². The van der Waals surface area contributed by atoms with Crippen LogP contribution in [0.1, 0.15) is 17.1 Å². The van der Waals surface area contributed by atoms with Crippen molar-refractivity contribution in [3.8, 4) is 0 Å². The van der Waals surface area contributed by atoms with Gasteiger partial charge in [0.2, 0.25) is 0 Å². The molecule has 0 unspecified atom stereocenters. The third-order valence-corrected chi connectivity index (χ3v) is 3.28. The minimum atomic E-state index is -4.85. The van der Waals surface area contributed by atoms with Crippen LogP contribution in [-0.2, 0) is 12.7 Å². The van der Waals surface area contributed by atoms with E-state index in [2.05, 4.69) is 4.85 Å². The summed E-state index contributed by atoms with van der Waals surface area (Å²) >= 11 is 0. The first-order valence-electron chi connectivity index (χ1n) is 6.95. The molecular formula is C16H12F6N2O. The van der Waals surface area contributed by atoms with Crippen LogP contribution in [0.2, 0.25) is 0 Å². The number of benzene rings is 1. The summed E-state index contributed by atoms with van der Waals surface area (Å²) in [5, 5.41) is 0. The molecule has 1 heterocycles. The minimum Gasteiger partial charge on any atom is -0.464 e. The Kier molecular flexibility index (Phi) is 5.02. The zero-order valence-electron chi connectivity index (χ0n) is 12.9. The molecule has 0 saturated carbocycles. The van der Waals surface area contributed by atoms with Gasteiger partial charge in [-0.25, -0.2) is 4.85 Å². The summed E-state index contributed by atoms with van der Waals surface area (Å²) in [6, 6.07) is 5.47. The third kappa shape index (κ3) is 4.92. The van der Waals surface area contributed by atoms with Gasteiger partial charge in [-0.15, -0.1) is 0 Å². The second-order valence-corrected chi connectivity index (χ2v) is 5.29. The van der Waals surface area contributed by atoms with Gasteiger partial charge in [-0.1, -0.05) is 6.07 Å². The van der Waals surface area contributed by atoms with Crippen molar-refractivity contribution in [1.82, 2.24) is 0 Å². The van der Waals surface area contributed by atoms with Crippen LogP contribution < -0.4 is 4.90 Å². The maximum atomic E-state index is 13.0. The average Bonchev–Trinajstić information content (AvgIpc) is 2.89. The monoisotopic (exact) mass is 362 g/mol. The molecule has 1 aromatic carbocycles. The second-order valence-electron chi connectivity index (χ2n) is 5.29. The normalized spacial score (nSPS) is 12.1. The highest BCUT2D eigenvalue weighted by Crippen LogP contribution is 2.39. The molecule has 134 valence electrons. The molecule has 0 aliphatic heterocycles. The van der Waals surface area contributed by atoms with Gasteiger partial charge in [-0.3, -0.25) is 0 Å². The van der Waals surface area contributed by atoms with Crippen LogP contribution in [-0.4, -0.2) is 12.7 Å². The van der Waals surface area contributed by atoms with Crippen LogP contribution in [0, 0.1) is 13.5 Å². The Bertz CT molecular complexity index is 785. The van der Waals surface area contributed by atoms with E-state index < -0.39 is 30.1 Å². The summed E-state index contributed by atoms with van der Waals surface area (Å²) in [6.07, 6.45) is -9.47. The van der Waals surface area contributed by atoms with Crippen molar-refractivity contribution in [3.05, 3.63) is 58.8 Å². The molecule has 0 radical (unpaired) electrons. The summed E-state index contributed by atoms with van der Waals surface area (Å²) in [6.45, 7) is 6.57. The molecule has 0 spiro atoms.